The van der Waals surface area contributed by atoms with Crippen LogP contribution in [-0.4, -0.2) is 62.9 Å². The molecule has 2 heterocycles. The second-order valence-electron chi connectivity index (χ2n) is 8.27. The Hall–Kier alpha value is -2.24. The van der Waals surface area contributed by atoms with Crippen molar-refractivity contribution < 1.29 is 8.42 Å². The third-order valence-corrected chi connectivity index (χ3v) is 6.62. The van der Waals surface area contributed by atoms with Gasteiger partial charge in [0.25, 0.3) is 0 Å². The van der Waals surface area contributed by atoms with Crippen molar-refractivity contribution >= 4 is 21.7 Å². The van der Waals surface area contributed by atoms with Gasteiger partial charge in [-0.3, -0.25) is 9.73 Å². The van der Waals surface area contributed by atoms with Crippen LogP contribution in [0.15, 0.2) is 30.3 Å². The summed E-state index contributed by atoms with van der Waals surface area (Å²) in [6.07, 6.45) is 0. The third-order valence-electron chi connectivity index (χ3n) is 5.18. The van der Waals surface area contributed by atoms with Crippen molar-refractivity contribution in [2.24, 2.45) is 5.73 Å². The van der Waals surface area contributed by atoms with Gasteiger partial charge in [-0.2, -0.15) is 12.7 Å². The zero-order chi connectivity index (χ0) is 22.8. The van der Waals surface area contributed by atoms with Gasteiger partial charge in [0.2, 0.25) is 0 Å². The maximum Gasteiger partial charge on any atom is 0.301 e. The lowest BCUT2D eigenvalue weighted by molar-refractivity contribution is 0.336. The van der Waals surface area contributed by atoms with Crippen molar-refractivity contribution in [1.29, 1.82) is 0 Å². The molecule has 4 N–H and O–H groups in total. The number of pyridine rings is 1. The number of benzene rings is 1. The summed E-state index contributed by atoms with van der Waals surface area (Å²) in [5, 5.41) is 1.98. The molecule has 1 aliphatic heterocycles. The molecular formula is C21H33N7O2S. The molecule has 170 valence electrons. The predicted octanol–water partition coefficient (Wildman–Crippen LogP) is 1.59. The molecule has 31 heavy (non-hydrogen) atoms. The summed E-state index contributed by atoms with van der Waals surface area (Å²) in [5.41, 5.74) is 13.1. The summed E-state index contributed by atoms with van der Waals surface area (Å²) in [6, 6.07) is 10.1. The molecule has 0 atom stereocenters. The van der Waals surface area contributed by atoms with Gasteiger partial charge in [-0.15, -0.1) is 0 Å². The molecule has 0 unspecified atom stereocenters. The monoisotopic (exact) mass is 447 g/mol. The van der Waals surface area contributed by atoms with Crippen LogP contribution in [-0.2, 0) is 23.3 Å². The standard InChI is InChI=1S/C21H33N7O2S/c1-15(2)28-21-18(13-23-28)20(25-31(29,30)26(3)4)12-19(24-21)17-8-6-7-16(11-17)14-27(5)10-9-22/h6-8,11-12,15,23H,9-10,13-14,22H2,1-5H3,(H,24,25). The summed E-state index contributed by atoms with van der Waals surface area (Å²) in [7, 11) is 1.40. The quantitative estimate of drug-likeness (QED) is 0.536. The van der Waals surface area contributed by atoms with Crippen molar-refractivity contribution in [3.05, 3.63) is 41.5 Å². The molecule has 2 aromatic rings. The molecule has 1 aliphatic rings. The topological polar surface area (TPSA) is 107 Å². The van der Waals surface area contributed by atoms with E-state index in [9.17, 15) is 8.42 Å². The smallest absolute Gasteiger partial charge is 0.301 e. The van der Waals surface area contributed by atoms with E-state index in [1.807, 2.05) is 30.3 Å². The number of hydrogen-bond donors (Lipinski definition) is 3. The number of nitrogens with two attached hydrogens (primary N) is 1. The summed E-state index contributed by atoms with van der Waals surface area (Å²) < 4.78 is 29.0. The van der Waals surface area contributed by atoms with Crippen LogP contribution in [0.2, 0.25) is 0 Å². The molecule has 0 spiro atoms. The van der Waals surface area contributed by atoms with Crippen molar-refractivity contribution in [2.75, 3.05) is 44.0 Å². The Labute approximate surface area is 185 Å². The van der Waals surface area contributed by atoms with Crippen LogP contribution < -0.4 is 20.9 Å². The first-order valence-corrected chi connectivity index (χ1v) is 11.8. The fraction of sp³-hybridized carbons (Fsp3) is 0.476. The van der Waals surface area contributed by atoms with E-state index in [2.05, 4.69) is 41.0 Å². The minimum atomic E-state index is -3.65. The van der Waals surface area contributed by atoms with Gasteiger partial charge < -0.3 is 10.6 Å². The van der Waals surface area contributed by atoms with Crippen LogP contribution in [0.1, 0.15) is 25.0 Å². The van der Waals surface area contributed by atoms with Crippen LogP contribution in [0.25, 0.3) is 11.3 Å². The summed E-state index contributed by atoms with van der Waals surface area (Å²) in [5.74, 6) is 0.745. The fourth-order valence-corrected chi connectivity index (χ4v) is 4.15. The molecule has 9 nitrogen and oxygen atoms in total. The highest BCUT2D eigenvalue weighted by Gasteiger charge is 2.28. The Kier molecular flexibility index (Phi) is 7.17. The van der Waals surface area contributed by atoms with E-state index in [0.29, 0.717) is 24.5 Å². The van der Waals surface area contributed by atoms with E-state index in [4.69, 9.17) is 10.7 Å². The minimum absolute atomic E-state index is 0.165. The molecule has 0 bridgehead atoms. The lowest BCUT2D eigenvalue weighted by Gasteiger charge is -2.23. The van der Waals surface area contributed by atoms with Gasteiger partial charge in [0.1, 0.15) is 5.82 Å². The number of hydrogen-bond acceptors (Lipinski definition) is 7. The number of aromatic nitrogens is 1. The highest BCUT2D eigenvalue weighted by molar-refractivity contribution is 7.90. The fourth-order valence-electron chi connectivity index (χ4n) is 3.51. The molecule has 0 fully saturated rings. The van der Waals surface area contributed by atoms with Crippen LogP contribution in [0.4, 0.5) is 11.5 Å². The molecule has 0 radical (unpaired) electrons. The Morgan fingerprint density at radius 1 is 1.26 bits per heavy atom. The molecule has 3 rings (SSSR count). The third kappa shape index (κ3) is 5.34. The highest BCUT2D eigenvalue weighted by atomic mass is 32.2. The van der Waals surface area contributed by atoms with Crippen molar-refractivity contribution in [1.82, 2.24) is 19.6 Å². The first kappa shape index (κ1) is 23.4. The zero-order valence-corrected chi connectivity index (χ0v) is 19.7. The van der Waals surface area contributed by atoms with Crippen LogP contribution in [0.3, 0.4) is 0 Å². The molecule has 0 amide bonds. The van der Waals surface area contributed by atoms with E-state index < -0.39 is 10.2 Å². The largest absolute Gasteiger partial charge is 0.329 e. The Morgan fingerprint density at radius 3 is 2.65 bits per heavy atom. The number of rotatable bonds is 9. The number of anilines is 2. The second-order valence-corrected chi connectivity index (χ2v) is 10.2. The first-order valence-electron chi connectivity index (χ1n) is 10.4. The lowest BCUT2D eigenvalue weighted by atomic mass is 10.1. The molecule has 10 heteroatoms. The first-order chi connectivity index (χ1) is 14.6. The average molecular weight is 448 g/mol. The number of nitrogens with zero attached hydrogens (tertiary/aromatic N) is 4. The van der Waals surface area contributed by atoms with Gasteiger partial charge in [-0.1, -0.05) is 18.2 Å². The van der Waals surface area contributed by atoms with E-state index in [0.717, 1.165) is 39.9 Å². The van der Waals surface area contributed by atoms with Crippen LogP contribution >= 0.6 is 0 Å². The normalized spacial score (nSPS) is 14.0. The Balaban J connectivity index is 2.05. The lowest BCUT2D eigenvalue weighted by Crippen LogP contribution is -2.38. The van der Waals surface area contributed by atoms with E-state index in [1.54, 1.807) is 0 Å². The van der Waals surface area contributed by atoms with Gasteiger partial charge in [-0.05, 0) is 38.6 Å². The minimum Gasteiger partial charge on any atom is -0.329 e. The number of fused-ring (bicyclic) bond motifs is 1. The maximum atomic E-state index is 12.5. The van der Waals surface area contributed by atoms with Gasteiger partial charge in [0, 0.05) is 57.4 Å². The maximum absolute atomic E-state index is 12.5. The zero-order valence-electron chi connectivity index (χ0n) is 18.9. The summed E-state index contributed by atoms with van der Waals surface area (Å²) in [4.78, 5) is 7.06. The second kappa shape index (κ2) is 9.49. The SMILES string of the molecule is CC(C)N1NCc2c(NS(=O)(=O)N(C)C)cc(-c3cccc(CN(C)CCN)c3)nc21. The van der Waals surface area contributed by atoms with Crippen LogP contribution in [0, 0.1) is 0 Å². The molecule has 0 saturated carbocycles. The number of likely N-dealkylation sites (N-methyl/N-ethyl adjacent to an activating group) is 1. The predicted molar refractivity (Wildman–Crippen MR) is 126 cm³/mol. The van der Waals surface area contributed by atoms with E-state index in [-0.39, 0.29) is 6.04 Å². The number of nitrogens with one attached hydrogen (secondary N) is 2. The number of hydrazine groups is 1. The molecule has 1 aromatic heterocycles. The van der Waals surface area contributed by atoms with E-state index >= 15 is 0 Å². The molecule has 1 aromatic carbocycles. The molecule has 0 aliphatic carbocycles. The van der Waals surface area contributed by atoms with Crippen molar-refractivity contribution in [2.45, 2.75) is 33.0 Å². The Morgan fingerprint density at radius 2 is 2.00 bits per heavy atom. The average Bonchev–Trinajstić information content (AvgIpc) is 3.12. The van der Waals surface area contributed by atoms with Crippen molar-refractivity contribution in [3.8, 4) is 11.3 Å². The highest BCUT2D eigenvalue weighted by Crippen LogP contribution is 2.35. The van der Waals surface area contributed by atoms with Gasteiger partial charge in [0.15, 0.2) is 0 Å². The van der Waals surface area contributed by atoms with E-state index in [1.165, 1.54) is 14.1 Å². The van der Waals surface area contributed by atoms with Gasteiger partial charge in [-0.25, -0.2) is 10.4 Å². The van der Waals surface area contributed by atoms with Gasteiger partial charge in [0.05, 0.1) is 11.4 Å². The molecular weight excluding hydrogens is 414 g/mol. The summed E-state index contributed by atoms with van der Waals surface area (Å²) in [6.45, 7) is 6.83. The Bertz CT molecular complexity index is 1020. The summed E-state index contributed by atoms with van der Waals surface area (Å²) >= 11 is 0. The van der Waals surface area contributed by atoms with Gasteiger partial charge >= 0.3 is 10.2 Å². The van der Waals surface area contributed by atoms with Crippen LogP contribution in [0.5, 0.6) is 0 Å². The molecule has 0 saturated heterocycles. The van der Waals surface area contributed by atoms with Crippen molar-refractivity contribution in [3.63, 3.8) is 0 Å².